The van der Waals surface area contributed by atoms with Gasteiger partial charge in [-0.15, -0.1) is 0 Å². The van der Waals surface area contributed by atoms with E-state index < -0.39 is 24.0 Å². The van der Waals surface area contributed by atoms with Crippen LogP contribution in [0.1, 0.15) is 37.3 Å². The van der Waals surface area contributed by atoms with Crippen LogP contribution in [-0.4, -0.2) is 63.0 Å². The zero-order valence-corrected chi connectivity index (χ0v) is 23.6. The van der Waals surface area contributed by atoms with Crippen molar-refractivity contribution in [3.63, 3.8) is 0 Å². The lowest BCUT2D eigenvalue weighted by atomic mass is 10.1. The molecule has 0 aliphatic carbocycles. The van der Waals surface area contributed by atoms with Crippen molar-refractivity contribution in [2.45, 2.75) is 46.3 Å². The number of carboxylic acid groups (broad SMARTS) is 1. The highest BCUT2D eigenvalue weighted by molar-refractivity contribution is 5.79. The molecule has 1 N–H and O–H groups in total. The molecule has 4 aromatic rings. The minimum Gasteiger partial charge on any atom is -0.483 e. The van der Waals surface area contributed by atoms with Crippen LogP contribution >= 0.6 is 0 Å². The number of hydrogen-bond acceptors (Lipinski definition) is 10. The van der Waals surface area contributed by atoms with Crippen molar-refractivity contribution >= 4 is 23.3 Å². The fourth-order valence-electron chi connectivity index (χ4n) is 4.68. The van der Waals surface area contributed by atoms with Gasteiger partial charge in [0.1, 0.15) is 11.6 Å². The zero-order valence-electron chi connectivity index (χ0n) is 23.6. The van der Waals surface area contributed by atoms with Gasteiger partial charge in [0, 0.05) is 24.6 Å². The van der Waals surface area contributed by atoms with Crippen molar-refractivity contribution in [2.24, 2.45) is 0 Å². The van der Waals surface area contributed by atoms with Crippen molar-refractivity contribution < 1.29 is 46.8 Å². The Morgan fingerprint density at radius 1 is 1.09 bits per heavy atom. The van der Waals surface area contributed by atoms with Crippen molar-refractivity contribution in [1.29, 1.82) is 0 Å². The number of hydrogen-bond donors (Lipinski definition) is 1. The molecular weight excluding hydrogens is 570 g/mol. The second-order valence-corrected chi connectivity index (χ2v) is 9.80. The van der Waals surface area contributed by atoms with Gasteiger partial charge in [0.15, 0.2) is 29.9 Å². The molecule has 1 amide bonds. The van der Waals surface area contributed by atoms with Crippen LogP contribution in [0.5, 0.6) is 23.4 Å². The summed E-state index contributed by atoms with van der Waals surface area (Å²) < 4.78 is 55.3. The molecule has 14 heteroatoms. The Labute approximate surface area is 244 Å². The van der Waals surface area contributed by atoms with Crippen LogP contribution in [0.2, 0.25) is 0 Å². The second kappa shape index (κ2) is 12.5. The lowest BCUT2D eigenvalue weighted by Crippen LogP contribution is -2.40. The van der Waals surface area contributed by atoms with Crippen LogP contribution < -0.4 is 14.2 Å². The molecule has 1 saturated heterocycles. The number of benzene rings is 2. The van der Waals surface area contributed by atoms with Gasteiger partial charge in [-0.2, -0.15) is 9.97 Å². The van der Waals surface area contributed by atoms with Gasteiger partial charge in [-0.05, 0) is 62.1 Å². The maximum absolute atomic E-state index is 14.2. The maximum atomic E-state index is 14.2. The van der Waals surface area contributed by atoms with E-state index in [1.165, 1.54) is 4.90 Å². The Morgan fingerprint density at radius 2 is 1.86 bits per heavy atom. The van der Waals surface area contributed by atoms with Gasteiger partial charge in [0.25, 0.3) is 17.5 Å². The summed E-state index contributed by atoms with van der Waals surface area (Å²) in [5, 5.41) is 8.92. The monoisotopic (exact) mass is 598 g/mol. The number of oxazole rings is 1. The molecule has 12 nitrogen and oxygen atoms in total. The Morgan fingerprint density at radius 3 is 2.56 bits per heavy atom. The van der Waals surface area contributed by atoms with Gasteiger partial charge in [-0.3, -0.25) is 4.79 Å². The van der Waals surface area contributed by atoms with Gasteiger partial charge in [-0.1, -0.05) is 6.92 Å². The highest BCUT2D eigenvalue weighted by Gasteiger charge is 2.32. The number of aryl methyl sites for hydroxylation is 2. The van der Waals surface area contributed by atoms with Gasteiger partial charge in [0.2, 0.25) is 5.89 Å². The van der Waals surface area contributed by atoms with Crippen LogP contribution in [0.15, 0.2) is 34.7 Å². The Balaban J connectivity index is 1.38. The van der Waals surface area contributed by atoms with Gasteiger partial charge < -0.3 is 33.4 Å². The van der Waals surface area contributed by atoms with E-state index in [2.05, 4.69) is 15.0 Å². The van der Waals surface area contributed by atoms with E-state index in [4.69, 9.17) is 28.5 Å². The number of likely N-dealkylation sites (tertiary alicyclic amines) is 1. The summed E-state index contributed by atoms with van der Waals surface area (Å²) >= 11 is 0. The summed E-state index contributed by atoms with van der Waals surface area (Å²) in [6.45, 7) is 5.89. The fraction of sp³-hybridized carbons (Fsp3) is 0.345. The third-order valence-corrected chi connectivity index (χ3v) is 6.55. The SMILES string of the molecule is CCCOc1nc(Oc2ccc(F)cc2F)nc2oc(-c3cc(C)c(OCC(=O)N4CCC[C@@H]4OC(=O)O)c(C)c3)nc12. The molecule has 2 aromatic heterocycles. The molecule has 1 aliphatic rings. The minimum atomic E-state index is -1.44. The molecule has 0 unspecified atom stereocenters. The maximum Gasteiger partial charge on any atom is 0.507 e. The first-order valence-corrected chi connectivity index (χ1v) is 13.5. The summed E-state index contributed by atoms with van der Waals surface area (Å²) in [4.78, 5) is 38.0. The molecule has 0 spiro atoms. The second-order valence-electron chi connectivity index (χ2n) is 9.80. The highest BCUT2D eigenvalue weighted by atomic mass is 19.1. The number of carbonyl (C=O) groups excluding carboxylic acids is 1. The molecule has 0 saturated carbocycles. The summed E-state index contributed by atoms with van der Waals surface area (Å²) in [5.74, 6) is -1.62. The van der Waals surface area contributed by atoms with E-state index in [-0.39, 0.29) is 47.3 Å². The van der Waals surface area contributed by atoms with Gasteiger partial charge >= 0.3 is 12.2 Å². The van der Waals surface area contributed by atoms with Crippen LogP contribution in [0.25, 0.3) is 22.7 Å². The highest BCUT2D eigenvalue weighted by Crippen LogP contribution is 2.35. The largest absolute Gasteiger partial charge is 0.507 e. The molecule has 0 bridgehead atoms. The summed E-state index contributed by atoms with van der Waals surface area (Å²) in [6, 6.07) is 6.08. The fourth-order valence-corrected chi connectivity index (χ4v) is 4.68. The average Bonchev–Trinajstić information content (AvgIpc) is 3.59. The predicted octanol–water partition coefficient (Wildman–Crippen LogP) is 5.78. The quantitative estimate of drug-likeness (QED) is 0.222. The molecule has 226 valence electrons. The first-order valence-electron chi connectivity index (χ1n) is 13.5. The topological polar surface area (TPSA) is 146 Å². The average molecular weight is 599 g/mol. The van der Waals surface area contributed by atoms with Crippen molar-refractivity contribution in [2.75, 3.05) is 19.8 Å². The van der Waals surface area contributed by atoms with Crippen LogP contribution in [0.3, 0.4) is 0 Å². The molecule has 0 radical (unpaired) electrons. The number of fused-ring (bicyclic) bond motifs is 1. The number of nitrogens with zero attached hydrogens (tertiary/aromatic N) is 4. The van der Waals surface area contributed by atoms with Crippen LogP contribution in [0, 0.1) is 25.5 Å². The standard InChI is InChI=1S/C29H28F2N4O8/c1-4-10-39-26-23-27(34-28(33-26)41-20-8-7-18(30)13-19(20)31)43-25(32-23)17-11-15(2)24(16(3)12-17)40-14-21(36)35-9-5-6-22(35)42-29(37)38/h7-8,11-13,22H,4-6,9-10,14H2,1-3H3,(H,37,38)/t22-/m0/s1. The molecule has 43 heavy (non-hydrogen) atoms. The summed E-state index contributed by atoms with van der Waals surface area (Å²) in [5.41, 5.74) is 2.21. The molecule has 3 heterocycles. The third kappa shape index (κ3) is 6.58. The Kier molecular flexibility index (Phi) is 8.55. The number of aromatic nitrogens is 3. The first-order chi connectivity index (χ1) is 20.6. The van der Waals surface area contributed by atoms with Crippen molar-refractivity contribution in [1.82, 2.24) is 19.9 Å². The molecule has 2 aromatic carbocycles. The van der Waals surface area contributed by atoms with Crippen LogP contribution in [0.4, 0.5) is 13.6 Å². The summed E-state index contributed by atoms with van der Waals surface area (Å²) in [6.07, 6.45) is -0.527. The lowest BCUT2D eigenvalue weighted by molar-refractivity contribution is -0.141. The smallest absolute Gasteiger partial charge is 0.483 e. The van der Waals surface area contributed by atoms with Gasteiger partial charge in [-0.25, -0.2) is 18.6 Å². The number of halogens is 2. The van der Waals surface area contributed by atoms with E-state index in [0.717, 1.165) is 12.1 Å². The lowest BCUT2D eigenvalue weighted by Gasteiger charge is -2.23. The Hall–Kier alpha value is -5.01. The molecule has 1 atom stereocenters. The number of amides is 1. The molecule has 5 rings (SSSR count). The Bertz CT molecular complexity index is 1650. The van der Waals surface area contributed by atoms with Crippen molar-refractivity contribution in [3.8, 4) is 34.8 Å². The predicted molar refractivity (Wildman–Crippen MR) is 146 cm³/mol. The van der Waals surface area contributed by atoms with E-state index in [1.54, 1.807) is 26.0 Å². The van der Waals surface area contributed by atoms with E-state index in [1.807, 2.05) is 6.92 Å². The normalized spacial score (nSPS) is 14.6. The molecule has 1 aliphatic heterocycles. The number of carbonyl (C=O) groups is 2. The minimum absolute atomic E-state index is 0.0265. The number of ether oxygens (including phenoxy) is 4. The van der Waals surface area contributed by atoms with E-state index >= 15 is 0 Å². The molecular formula is C29H28F2N4O8. The van der Waals surface area contributed by atoms with Crippen molar-refractivity contribution in [3.05, 3.63) is 53.1 Å². The summed E-state index contributed by atoms with van der Waals surface area (Å²) in [7, 11) is 0. The first kappa shape index (κ1) is 29.5. The number of rotatable bonds is 10. The van der Waals surface area contributed by atoms with E-state index in [9.17, 15) is 18.4 Å². The van der Waals surface area contributed by atoms with E-state index in [0.29, 0.717) is 60.9 Å². The third-order valence-electron chi connectivity index (χ3n) is 6.55. The van der Waals surface area contributed by atoms with Gasteiger partial charge in [0.05, 0.1) is 6.61 Å². The zero-order chi connectivity index (χ0) is 30.7. The molecule has 1 fully saturated rings. The van der Waals surface area contributed by atoms with Crippen LogP contribution in [-0.2, 0) is 9.53 Å².